The van der Waals surface area contributed by atoms with Crippen molar-refractivity contribution >= 4 is 35.8 Å². The van der Waals surface area contributed by atoms with Gasteiger partial charge in [0.05, 0.1) is 10.6 Å². The van der Waals surface area contributed by atoms with E-state index < -0.39 is 0 Å². The highest BCUT2D eigenvalue weighted by Gasteiger charge is 2.18. The Bertz CT molecular complexity index is 358. The van der Waals surface area contributed by atoms with Crippen LogP contribution >= 0.6 is 23.2 Å². The Morgan fingerprint density at radius 1 is 1.31 bits per heavy atom. The first-order chi connectivity index (χ1) is 6.17. The number of aldehydes is 2. The number of nitrogens with zero attached hydrogens (tertiary/aromatic N) is 1. The van der Waals surface area contributed by atoms with Crippen molar-refractivity contribution < 1.29 is 9.59 Å². The minimum Gasteiger partial charge on any atom is -0.328 e. The normalized spacial score (nSPS) is 10.1. The molecule has 0 saturated heterocycles. The van der Waals surface area contributed by atoms with E-state index in [9.17, 15) is 9.59 Å². The van der Waals surface area contributed by atoms with Crippen LogP contribution in [0.3, 0.4) is 0 Å². The third-order valence-corrected chi connectivity index (χ3v) is 2.56. The van der Waals surface area contributed by atoms with Crippen molar-refractivity contribution in [1.29, 1.82) is 0 Å². The van der Waals surface area contributed by atoms with Crippen LogP contribution in [-0.2, 0) is 6.54 Å². The summed E-state index contributed by atoms with van der Waals surface area (Å²) in [6.07, 6.45) is 1.13. The number of hydrogen-bond donors (Lipinski definition) is 0. The molecule has 0 aromatic carbocycles. The molecule has 3 nitrogen and oxygen atoms in total. The standard InChI is InChI=1S/C8H7Cl2NO2/c1-2-11-6(4-13)7(9)5(3-12)8(11)10/h3-4H,2H2,1H3. The second-order valence-electron chi connectivity index (χ2n) is 2.38. The number of halogens is 2. The second kappa shape index (κ2) is 3.94. The Balaban J connectivity index is 3.50. The van der Waals surface area contributed by atoms with Crippen LogP contribution in [0.25, 0.3) is 0 Å². The second-order valence-corrected chi connectivity index (χ2v) is 3.12. The van der Waals surface area contributed by atoms with Crippen LogP contribution in [0.1, 0.15) is 27.8 Å². The number of aromatic nitrogens is 1. The molecular weight excluding hydrogens is 213 g/mol. The van der Waals surface area contributed by atoms with Gasteiger partial charge in [-0.25, -0.2) is 0 Å². The van der Waals surface area contributed by atoms with Crippen molar-refractivity contribution in [3.05, 3.63) is 21.4 Å². The lowest BCUT2D eigenvalue weighted by atomic mass is 10.3. The highest BCUT2D eigenvalue weighted by atomic mass is 35.5. The van der Waals surface area contributed by atoms with Crippen molar-refractivity contribution in [1.82, 2.24) is 4.57 Å². The molecule has 0 amide bonds. The molecule has 1 rings (SSSR count). The van der Waals surface area contributed by atoms with E-state index in [1.165, 1.54) is 4.57 Å². The lowest BCUT2D eigenvalue weighted by Crippen LogP contribution is -1.99. The number of rotatable bonds is 3. The summed E-state index contributed by atoms with van der Waals surface area (Å²) in [5, 5.41) is 0.335. The van der Waals surface area contributed by atoms with Gasteiger partial charge in [-0.15, -0.1) is 0 Å². The summed E-state index contributed by atoms with van der Waals surface area (Å²) < 4.78 is 1.49. The van der Waals surface area contributed by atoms with Gasteiger partial charge >= 0.3 is 0 Å². The average molecular weight is 220 g/mol. The summed E-state index contributed by atoms with van der Waals surface area (Å²) in [5.41, 5.74) is 0.420. The molecule has 13 heavy (non-hydrogen) atoms. The van der Waals surface area contributed by atoms with Crippen LogP contribution in [0.15, 0.2) is 0 Å². The Morgan fingerprint density at radius 2 is 1.92 bits per heavy atom. The zero-order chi connectivity index (χ0) is 10.0. The van der Waals surface area contributed by atoms with Crippen molar-refractivity contribution in [3.8, 4) is 0 Å². The van der Waals surface area contributed by atoms with Gasteiger partial charge in [-0.05, 0) is 6.92 Å². The van der Waals surface area contributed by atoms with E-state index >= 15 is 0 Å². The fourth-order valence-electron chi connectivity index (χ4n) is 1.12. The van der Waals surface area contributed by atoms with E-state index in [2.05, 4.69) is 0 Å². The smallest absolute Gasteiger partial charge is 0.168 e. The quantitative estimate of drug-likeness (QED) is 0.733. The largest absolute Gasteiger partial charge is 0.328 e. The fourth-order valence-corrected chi connectivity index (χ4v) is 1.80. The van der Waals surface area contributed by atoms with Crippen molar-refractivity contribution in [3.63, 3.8) is 0 Å². The third kappa shape index (κ3) is 1.49. The van der Waals surface area contributed by atoms with Gasteiger partial charge in [0.15, 0.2) is 12.6 Å². The summed E-state index contributed by atoms with van der Waals surface area (Å²) in [7, 11) is 0. The van der Waals surface area contributed by atoms with Crippen LogP contribution in [0.2, 0.25) is 10.2 Å². The Labute approximate surface area is 85.2 Å². The van der Waals surface area contributed by atoms with Crippen molar-refractivity contribution in [2.75, 3.05) is 0 Å². The van der Waals surface area contributed by atoms with Crippen LogP contribution in [0, 0.1) is 0 Å². The lowest BCUT2D eigenvalue weighted by Gasteiger charge is -2.00. The molecule has 0 atom stereocenters. The fraction of sp³-hybridized carbons (Fsp3) is 0.250. The topological polar surface area (TPSA) is 39.1 Å². The number of hydrogen-bond acceptors (Lipinski definition) is 2. The van der Waals surface area contributed by atoms with Crippen molar-refractivity contribution in [2.45, 2.75) is 13.5 Å². The first-order valence-electron chi connectivity index (χ1n) is 3.65. The van der Waals surface area contributed by atoms with Gasteiger partial charge in [0, 0.05) is 6.54 Å². The first-order valence-corrected chi connectivity index (χ1v) is 4.40. The summed E-state index contributed by atoms with van der Waals surface area (Å²) in [5.74, 6) is 0. The van der Waals surface area contributed by atoms with E-state index in [1.54, 1.807) is 0 Å². The van der Waals surface area contributed by atoms with Gasteiger partial charge in [0.25, 0.3) is 0 Å². The van der Waals surface area contributed by atoms with Gasteiger partial charge in [-0.3, -0.25) is 9.59 Å². The minimum atomic E-state index is 0.122. The monoisotopic (exact) mass is 219 g/mol. The van der Waals surface area contributed by atoms with Crippen LogP contribution in [0.4, 0.5) is 0 Å². The molecular formula is C8H7Cl2NO2. The van der Waals surface area contributed by atoms with E-state index in [0.717, 1.165) is 0 Å². The number of carbonyl (C=O) groups excluding carboxylic acids is 2. The van der Waals surface area contributed by atoms with Gasteiger partial charge in [-0.1, -0.05) is 23.2 Å². The predicted molar refractivity (Wildman–Crippen MR) is 50.9 cm³/mol. The molecule has 0 aliphatic heterocycles. The predicted octanol–water partition coefficient (Wildman–Crippen LogP) is 2.44. The van der Waals surface area contributed by atoms with Gasteiger partial charge < -0.3 is 4.57 Å². The maximum Gasteiger partial charge on any atom is 0.168 e. The SMILES string of the molecule is CCn1c(Cl)c(C=O)c(Cl)c1C=O. The lowest BCUT2D eigenvalue weighted by molar-refractivity contribution is 0.111. The molecule has 0 saturated carbocycles. The first kappa shape index (κ1) is 10.3. The van der Waals surface area contributed by atoms with E-state index in [4.69, 9.17) is 23.2 Å². The Hall–Kier alpha value is -0.800. The van der Waals surface area contributed by atoms with Gasteiger partial charge in [0.1, 0.15) is 10.8 Å². The van der Waals surface area contributed by atoms with Crippen LogP contribution < -0.4 is 0 Å². The molecule has 70 valence electrons. The maximum absolute atomic E-state index is 10.6. The van der Waals surface area contributed by atoms with E-state index in [1.807, 2.05) is 6.92 Å². The van der Waals surface area contributed by atoms with Crippen LogP contribution in [0.5, 0.6) is 0 Å². The summed E-state index contributed by atoms with van der Waals surface area (Å²) in [4.78, 5) is 21.2. The zero-order valence-corrected chi connectivity index (χ0v) is 8.39. The number of carbonyl (C=O) groups is 2. The molecule has 5 heteroatoms. The van der Waals surface area contributed by atoms with Crippen molar-refractivity contribution in [2.24, 2.45) is 0 Å². The Kier molecular flexibility index (Phi) is 3.12. The highest BCUT2D eigenvalue weighted by molar-refractivity contribution is 6.40. The molecule has 0 spiro atoms. The molecule has 0 bridgehead atoms. The summed E-state index contributed by atoms with van der Waals surface area (Å²) in [6.45, 7) is 2.31. The molecule has 0 fully saturated rings. The Morgan fingerprint density at radius 3 is 2.23 bits per heavy atom. The zero-order valence-electron chi connectivity index (χ0n) is 6.88. The summed E-state index contributed by atoms with van der Waals surface area (Å²) >= 11 is 11.5. The molecule has 0 N–H and O–H groups in total. The molecule has 1 heterocycles. The summed E-state index contributed by atoms with van der Waals surface area (Å²) in [6, 6.07) is 0. The molecule has 1 aromatic rings. The molecule has 0 aliphatic carbocycles. The highest BCUT2D eigenvalue weighted by Crippen LogP contribution is 2.29. The van der Waals surface area contributed by atoms with Crippen LogP contribution in [-0.4, -0.2) is 17.1 Å². The molecule has 0 radical (unpaired) electrons. The minimum absolute atomic E-state index is 0.122. The van der Waals surface area contributed by atoms with Gasteiger partial charge in [-0.2, -0.15) is 0 Å². The molecule has 1 aromatic heterocycles. The molecule has 0 unspecified atom stereocenters. The van der Waals surface area contributed by atoms with Gasteiger partial charge in [0.2, 0.25) is 0 Å². The molecule has 0 aliphatic rings. The van der Waals surface area contributed by atoms with E-state index in [0.29, 0.717) is 19.1 Å². The maximum atomic E-state index is 10.6. The third-order valence-electron chi connectivity index (χ3n) is 1.76. The average Bonchev–Trinajstić information content (AvgIpc) is 2.36. The van der Waals surface area contributed by atoms with E-state index in [-0.39, 0.29) is 21.4 Å².